The summed E-state index contributed by atoms with van der Waals surface area (Å²) in [4.78, 5) is 23.7. The molecule has 9 heteroatoms. The predicted molar refractivity (Wildman–Crippen MR) is 86.7 cm³/mol. The summed E-state index contributed by atoms with van der Waals surface area (Å²) < 4.78 is 42.9. The summed E-state index contributed by atoms with van der Waals surface area (Å²) in [6, 6.07) is 8.27. The van der Waals surface area contributed by atoms with Crippen LogP contribution < -0.4 is 15.4 Å². The number of nitrogens with one attached hydrogen (secondary N) is 2. The Bertz CT molecular complexity index is 809. The maximum atomic E-state index is 12.6. The van der Waals surface area contributed by atoms with E-state index in [0.29, 0.717) is 5.75 Å². The molecule has 0 aromatic heterocycles. The predicted octanol–water partition coefficient (Wildman–Crippen LogP) is 3.94. The highest BCUT2D eigenvalue weighted by molar-refractivity contribution is 6.43. The number of carbonyl (C=O) groups is 2. The molecule has 2 aromatic rings. The zero-order valence-electron chi connectivity index (χ0n) is 12.8. The van der Waals surface area contributed by atoms with Gasteiger partial charge in [-0.3, -0.25) is 9.59 Å². The number of anilines is 2. The van der Waals surface area contributed by atoms with Crippen LogP contribution in [0.4, 0.5) is 24.5 Å². The number of rotatable bonds is 3. The van der Waals surface area contributed by atoms with Crippen LogP contribution in [-0.4, -0.2) is 18.9 Å². The minimum atomic E-state index is -4.55. The topological polar surface area (TPSA) is 67.4 Å². The third-order valence-corrected chi connectivity index (χ3v) is 3.36. The van der Waals surface area contributed by atoms with E-state index < -0.39 is 23.6 Å². The molecule has 0 saturated heterocycles. The number of hydrogen-bond acceptors (Lipinski definition) is 3. The molecule has 2 N–H and O–H groups in total. The summed E-state index contributed by atoms with van der Waals surface area (Å²) in [5.41, 5.74) is -0.856. The van der Waals surface area contributed by atoms with Crippen LogP contribution in [0.5, 0.6) is 5.75 Å². The molecule has 5 nitrogen and oxygen atoms in total. The van der Waals surface area contributed by atoms with Crippen molar-refractivity contribution in [1.82, 2.24) is 0 Å². The minimum absolute atomic E-state index is 0.150. The Morgan fingerprint density at radius 1 is 1.00 bits per heavy atom. The van der Waals surface area contributed by atoms with Crippen LogP contribution in [0.1, 0.15) is 5.56 Å². The summed E-state index contributed by atoms with van der Waals surface area (Å²) in [7, 11) is 1.42. The zero-order chi connectivity index (χ0) is 18.6. The molecule has 0 spiro atoms. The smallest absolute Gasteiger partial charge is 0.416 e. The highest BCUT2D eigenvalue weighted by Crippen LogP contribution is 2.30. The van der Waals surface area contributed by atoms with Gasteiger partial charge in [-0.15, -0.1) is 0 Å². The summed E-state index contributed by atoms with van der Waals surface area (Å²) >= 11 is 5.90. The summed E-state index contributed by atoms with van der Waals surface area (Å²) in [6.45, 7) is 0. The first-order chi connectivity index (χ1) is 11.7. The number of carbonyl (C=O) groups excluding carboxylic acids is 2. The molecule has 25 heavy (non-hydrogen) atoms. The first-order valence-corrected chi connectivity index (χ1v) is 7.21. The van der Waals surface area contributed by atoms with E-state index in [1.54, 1.807) is 0 Å². The van der Waals surface area contributed by atoms with Crippen LogP contribution in [0, 0.1) is 0 Å². The molecule has 132 valence electrons. The maximum absolute atomic E-state index is 12.6. The highest BCUT2D eigenvalue weighted by atomic mass is 35.5. The quantitative estimate of drug-likeness (QED) is 0.802. The van der Waals surface area contributed by atoms with Crippen LogP contribution in [0.3, 0.4) is 0 Å². The van der Waals surface area contributed by atoms with Crippen molar-refractivity contribution in [3.05, 3.63) is 53.1 Å². The third kappa shape index (κ3) is 4.87. The Kier molecular flexibility index (Phi) is 5.53. The van der Waals surface area contributed by atoms with Crippen LogP contribution in [0.25, 0.3) is 0 Å². The monoisotopic (exact) mass is 372 g/mol. The Morgan fingerprint density at radius 2 is 1.60 bits per heavy atom. The molecule has 0 fully saturated rings. The molecule has 0 unspecified atom stereocenters. The van der Waals surface area contributed by atoms with E-state index in [0.717, 1.165) is 18.2 Å². The Hall–Kier alpha value is -2.74. The van der Waals surface area contributed by atoms with Crippen LogP contribution in [0.2, 0.25) is 5.02 Å². The van der Waals surface area contributed by atoms with Gasteiger partial charge in [-0.1, -0.05) is 17.7 Å². The van der Waals surface area contributed by atoms with Crippen molar-refractivity contribution in [3.63, 3.8) is 0 Å². The van der Waals surface area contributed by atoms with Gasteiger partial charge in [0, 0.05) is 11.4 Å². The number of amides is 2. The van der Waals surface area contributed by atoms with Crippen molar-refractivity contribution >= 4 is 34.8 Å². The van der Waals surface area contributed by atoms with Crippen LogP contribution in [-0.2, 0) is 15.8 Å². The lowest BCUT2D eigenvalue weighted by Gasteiger charge is -2.10. The summed E-state index contributed by atoms with van der Waals surface area (Å²) in [6.07, 6.45) is -4.55. The first-order valence-electron chi connectivity index (χ1n) is 6.84. The Balaban J connectivity index is 2.06. The molecule has 0 saturated carbocycles. The minimum Gasteiger partial charge on any atom is -0.495 e. The lowest BCUT2D eigenvalue weighted by Crippen LogP contribution is -2.29. The van der Waals surface area contributed by atoms with Gasteiger partial charge >= 0.3 is 18.0 Å². The number of ether oxygens (including phenoxy) is 1. The standard InChI is InChI=1S/C16H12ClF3N2O3/c1-25-13-6-5-11(8-12(13)17)22-15(24)14(23)21-10-4-2-3-9(7-10)16(18,19)20/h2-8H,1H3,(H,21,23)(H,22,24). The van der Waals surface area contributed by atoms with Gasteiger partial charge < -0.3 is 15.4 Å². The second-order valence-electron chi connectivity index (χ2n) is 4.84. The molecule has 2 aromatic carbocycles. The second kappa shape index (κ2) is 7.43. The number of benzene rings is 2. The second-order valence-corrected chi connectivity index (χ2v) is 5.24. The van der Waals surface area contributed by atoms with Crippen molar-refractivity contribution in [2.45, 2.75) is 6.18 Å². The maximum Gasteiger partial charge on any atom is 0.416 e. The molecule has 2 amide bonds. The van der Waals surface area contributed by atoms with Gasteiger partial charge in [0.05, 0.1) is 17.7 Å². The molecule has 0 aliphatic carbocycles. The lowest BCUT2D eigenvalue weighted by atomic mass is 10.2. The molecule has 2 rings (SSSR count). The van der Waals surface area contributed by atoms with E-state index in [2.05, 4.69) is 10.6 Å². The van der Waals surface area contributed by atoms with Crippen molar-refractivity contribution in [2.24, 2.45) is 0 Å². The number of alkyl halides is 3. The fourth-order valence-electron chi connectivity index (χ4n) is 1.89. The normalized spacial score (nSPS) is 10.9. The van der Waals surface area contributed by atoms with Crippen LogP contribution >= 0.6 is 11.6 Å². The fourth-order valence-corrected chi connectivity index (χ4v) is 2.15. The van der Waals surface area contributed by atoms with Gasteiger partial charge in [0.25, 0.3) is 0 Å². The SMILES string of the molecule is COc1ccc(NC(=O)C(=O)Nc2cccc(C(F)(F)F)c2)cc1Cl. The molecule has 0 aliphatic heterocycles. The van der Waals surface area contributed by atoms with E-state index in [1.165, 1.54) is 31.4 Å². The van der Waals surface area contributed by atoms with Gasteiger partial charge in [-0.25, -0.2) is 0 Å². The first kappa shape index (κ1) is 18.6. The van der Waals surface area contributed by atoms with Gasteiger partial charge in [0.2, 0.25) is 0 Å². The Morgan fingerprint density at radius 3 is 2.12 bits per heavy atom. The number of halogens is 4. The fraction of sp³-hybridized carbons (Fsp3) is 0.125. The largest absolute Gasteiger partial charge is 0.495 e. The molecule has 0 aliphatic rings. The summed E-state index contributed by atoms with van der Waals surface area (Å²) in [5.74, 6) is -1.79. The molecule has 0 radical (unpaired) electrons. The van der Waals surface area contributed by atoms with Crippen molar-refractivity contribution in [3.8, 4) is 5.75 Å². The van der Waals surface area contributed by atoms with Gasteiger partial charge in [-0.2, -0.15) is 13.2 Å². The van der Waals surface area contributed by atoms with Gasteiger partial charge in [0.1, 0.15) is 5.75 Å². The average Bonchev–Trinajstić information content (AvgIpc) is 2.54. The molecule has 0 heterocycles. The van der Waals surface area contributed by atoms with E-state index in [4.69, 9.17) is 16.3 Å². The third-order valence-electron chi connectivity index (χ3n) is 3.06. The van der Waals surface area contributed by atoms with E-state index >= 15 is 0 Å². The molecule has 0 bridgehead atoms. The van der Waals surface area contributed by atoms with E-state index in [-0.39, 0.29) is 16.4 Å². The van der Waals surface area contributed by atoms with Crippen molar-refractivity contribution < 1.29 is 27.5 Å². The van der Waals surface area contributed by atoms with Gasteiger partial charge in [-0.05, 0) is 36.4 Å². The molecular weight excluding hydrogens is 361 g/mol. The Labute approximate surface area is 145 Å². The number of hydrogen-bond donors (Lipinski definition) is 2. The average molecular weight is 373 g/mol. The van der Waals surface area contributed by atoms with E-state index in [9.17, 15) is 22.8 Å². The molecular formula is C16H12ClF3N2O3. The summed E-state index contributed by atoms with van der Waals surface area (Å²) in [5, 5.41) is 4.61. The molecule has 0 atom stereocenters. The lowest BCUT2D eigenvalue weighted by molar-refractivity contribution is -0.137. The number of methoxy groups -OCH3 is 1. The van der Waals surface area contributed by atoms with Gasteiger partial charge in [0.15, 0.2) is 0 Å². The highest BCUT2D eigenvalue weighted by Gasteiger charge is 2.30. The van der Waals surface area contributed by atoms with E-state index in [1.807, 2.05) is 0 Å². The van der Waals surface area contributed by atoms with Crippen molar-refractivity contribution in [1.29, 1.82) is 0 Å². The van der Waals surface area contributed by atoms with Crippen LogP contribution in [0.15, 0.2) is 42.5 Å². The zero-order valence-corrected chi connectivity index (χ0v) is 13.5. The van der Waals surface area contributed by atoms with Crippen molar-refractivity contribution in [2.75, 3.05) is 17.7 Å².